The number of hydrogen-bond acceptors (Lipinski definition) is 14. The number of unbranched alkanes of at least 4 members (excludes halogenated alkanes) is 1. The first-order valence-electron chi connectivity index (χ1n) is 14.6. The number of thioether (sulfide) groups is 1. The Bertz CT molecular complexity index is 1150. The van der Waals surface area contributed by atoms with Gasteiger partial charge < -0.3 is 25.7 Å². The molecule has 0 radical (unpaired) electrons. The molecule has 2 unspecified atom stereocenters. The molecule has 46 heavy (non-hydrogen) atoms. The van der Waals surface area contributed by atoms with Gasteiger partial charge in [-0.3, -0.25) is 28.9 Å². The van der Waals surface area contributed by atoms with Gasteiger partial charge in [0.05, 0.1) is 23.0 Å². The zero-order chi connectivity index (χ0) is 34.9. The van der Waals surface area contributed by atoms with Gasteiger partial charge in [-0.15, -0.1) is 11.8 Å². The van der Waals surface area contributed by atoms with E-state index in [0.717, 1.165) is 45.2 Å². The van der Waals surface area contributed by atoms with Crippen molar-refractivity contribution in [1.29, 1.82) is 0 Å². The zero-order valence-corrected chi connectivity index (χ0v) is 29.9. The molecule has 1 fully saturated rings. The first-order valence-corrected chi connectivity index (χ1v) is 19.9. The highest BCUT2D eigenvalue weighted by atomic mass is 32.4. The Labute approximate surface area is 286 Å². The second-order valence-corrected chi connectivity index (χ2v) is 14.0. The molecule has 0 aliphatic carbocycles. The Balaban J connectivity index is 0.00000113. The number of nitrogens with two attached hydrogens (primary N) is 1. The van der Waals surface area contributed by atoms with Crippen LogP contribution in [-0.4, -0.2) is 89.5 Å². The second-order valence-electron chi connectivity index (χ2n) is 9.94. The number of hydrogen-bond donors (Lipinski definition) is 2. The minimum Gasteiger partial charge on any atom is -0.543 e. The molecule has 0 aromatic rings. The average molecular weight is 737 g/mol. The van der Waals surface area contributed by atoms with Crippen LogP contribution in [0.4, 0.5) is 0 Å². The summed E-state index contributed by atoms with van der Waals surface area (Å²) < 4.78 is 5.17. The molecule has 2 atom stereocenters. The van der Waals surface area contributed by atoms with Crippen LogP contribution in [0.15, 0.2) is 11.3 Å². The van der Waals surface area contributed by atoms with Crippen molar-refractivity contribution < 1.29 is 48.2 Å². The van der Waals surface area contributed by atoms with Gasteiger partial charge in [0.2, 0.25) is 11.8 Å². The van der Waals surface area contributed by atoms with E-state index in [0.29, 0.717) is 50.4 Å². The molecule has 18 heteroatoms. The third-order valence-electron chi connectivity index (χ3n) is 6.44. The summed E-state index contributed by atoms with van der Waals surface area (Å²) in [5.74, 6) is -2.58. The van der Waals surface area contributed by atoms with Crippen molar-refractivity contribution >= 4 is 91.6 Å². The highest BCUT2D eigenvalue weighted by Crippen LogP contribution is 2.45. The van der Waals surface area contributed by atoms with Crippen LogP contribution in [0.5, 0.6) is 0 Å². The fourth-order valence-electron chi connectivity index (χ4n) is 4.24. The van der Waals surface area contributed by atoms with Gasteiger partial charge in [0.1, 0.15) is 18.2 Å². The summed E-state index contributed by atoms with van der Waals surface area (Å²) in [7, 11) is 1.61. The van der Waals surface area contributed by atoms with Crippen LogP contribution in [0.3, 0.4) is 0 Å². The van der Waals surface area contributed by atoms with E-state index in [1.54, 1.807) is 0 Å². The molecule has 3 N–H and O–H groups in total. The number of nitrogens with zero attached hydrogens (tertiary/aromatic N) is 1. The highest BCUT2D eigenvalue weighted by Gasteiger charge is 2.52. The van der Waals surface area contributed by atoms with Crippen molar-refractivity contribution in [2.75, 3.05) is 37.8 Å². The Morgan fingerprint density at radius 3 is 2.26 bits per heavy atom. The van der Waals surface area contributed by atoms with Crippen molar-refractivity contribution in [1.82, 2.24) is 10.2 Å². The van der Waals surface area contributed by atoms with Crippen LogP contribution in [0.25, 0.3) is 0 Å². The van der Waals surface area contributed by atoms with Gasteiger partial charge in [-0.2, -0.15) is 9.59 Å². The number of ether oxygens (including phenoxy) is 1. The van der Waals surface area contributed by atoms with Crippen molar-refractivity contribution in [2.24, 2.45) is 11.7 Å². The number of β-lactam (4-membered cyclic amide) rings is 1. The zero-order valence-electron chi connectivity index (χ0n) is 25.7. The van der Waals surface area contributed by atoms with Gasteiger partial charge in [0.25, 0.3) is 0 Å². The lowest BCUT2D eigenvalue weighted by Gasteiger charge is -2.50. The largest absolute Gasteiger partial charge is 0.543 e. The Morgan fingerprint density at radius 2 is 1.67 bits per heavy atom. The predicted octanol–water partition coefficient (Wildman–Crippen LogP) is 1.42. The number of carboxylic acids is 1. The summed E-state index contributed by atoms with van der Waals surface area (Å²) in [6, 6.07) is 0. The average Bonchev–Trinajstić information content (AvgIpc) is 3.02. The third-order valence-corrected chi connectivity index (χ3v) is 9.74. The van der Waals surface area contributed by atoms with Crippen molar-refractivity contribution in [3.8, 4) is 0 Å². The van der Waals surface area contributed by atoms with Gasteiger partial charge >= 0.3 is 12.1 Å². The van der Waals surface area contributed by atoms with Gasteiger partial charge in [-0.1, -0.05) is 30.5 Å². The summed E-state index contributed by atoms with van der Waals surface area (Å²) in [4.78, 5) is 88.0. The number of nitrogens with one attached hydrogen (secondary N) is 1. The molecule has 0 aromatic carbocycles. The number of Topliss-reactive ketones (excluding diaryl/α,β-unsaturated/α-hetero) is 2. The van der Waals surface area contributed by atoms with Crippen LogP contribution in [-0.2, 0) is 66.7 Å². The van der Waals surface area contributed by atoms with E-state index in [1.165, 1.54) is 11.8 Å². The molecule has 2 aliphatic rings. The van der Waals surface area contributed by atoms with Crippen molar-refractivity contribution in [3.05, 3.63) is 11.3 Å². The lowest BCUT2D eigenvalue weighted by Crippen LogP contribution is -2.63. The number of fused-ring (bicyclic) bond motifs is 1. The molecule has 256 valence electrons. The summed E-state index contributed by atoms with van der Waals surface area (Å²) >= 11 is 10.8. The molecule has 0 saturated carbocycles. The van der Waals surface area contributed by atoms with E-state index in [9.17, 15) is 33.9 Å². The van der Waals surface area contributed by atoms with Crippen LogP contribution in [0, 0.1) is 5.92 Å². The number of carbonyl (C=O) groups excluding carboxylic acids is 8. The fraction of sp³-hybridized carbons (Fsp3) is 0.679. The number of carbonyl (C=O) groups is 6. The summed E-state index contributed by atoms with van der Waals surface area (Å²) in [6.07, 6.45) is 6.41. The van der Waals surface area contributed by atoms with Crippen molar-refractivity contribution in [3.63, 3.8) is 0 Å². The highest BCUT2D eigenvalue weighted by molar-refractivity contribution is 8.00. The Morgan fingerprint density at radius 1 is 1.02 bits per heavy atom. The van der Waals surface area contributed by atoms with E-state index < -0.39 is 29.1 Å². The quantitative estimate of drug-likeness (QED) is 0.0739. The molecule has 2 rings (SSSR count). The molecule has 13 nitrogen and oxygen atoms in total. The number of aliphatic carboxylic acids is 1. The number of rotatable bonds is 21. The van der Waals surface area contributed by atoms with Gasteiger partial charge in [-0.05, 0) is 46.9 Å². The van der Waals surface area contributed by atoms with E-state index in [1.807, 2.05) is 6.92 Å². The second kappa shape index (κ2) is 26.7. The topological polar surface area (TPSA) is 210 Å². The maximum atomic E-state index is 12.5. The van der Waals surface area contributed by atoms with E-state index in [-0.39, 0.29) is 60.9 Å². The molecule has 1 saturated heterocycles. The monoisotopic (exact) mass is 736 g/mol. The standard InChI is InChI=1S/C20H26NO7PS2.C7H15N2OPS.CO2/c1-2-4-14(23)9-15-18(25)21-17(20(26)27)12(11-31-19(15)21)10-28-16(24)6-3-5-13(22)7-8-29-30;8-4-1-2-5-9-7(10)3-6-11-12;2-1-3/h15,19H,2-11H2,1H3,(H,26,27);1-6,8H2,(H,9,10);/p-1. The van der Waals surface area contributed by atoms with E-state index in [2.05, 4.69) is 5.32 Å². The van der Waals surface area contributed by atoms with Crippen LogP contribution < -0.4 is 16.2 Å². The van der Waals surface area contributed by atoms with Crippen molar-refractivity contribution in [2.45, 2.75) is 76.5 Å². The maximum Gasteiger partial charge on any atom is 0.373 e. The summed E-state index contributed by atoms with van der Waals surface area (Å²) in [5.41, 5.74) is 5.33. The van der Waals surface area contributed by atoms with Crippen LogP contribution >= 0.6 is 26.5 Å². The van der Waals surface area contributed by atoms with Gasteiger partial charge in [-0.25, -0.2) is 0 Å². The number of esters is 1. The molecule has 2 amide bonds. The summed E-state index contributed by atoms with van der Waals surface area (Å²) in [5, 5.41) is 14.1. The molecule has 0 aromatic heterocycles. The summed E-state index contributed by atoms with van der Waals surface area (Å²) in [6.45, 7) is 3.06. The third kappa shape index (κ3) is 17.6. The molecule has 0 spiro atoms. The SMILES string of the molecule is CCCC(=O)CC1C(=O)N2C(C(=O)[O-])=C(COC(=O)CCCC(=O)CCP=S)CSC12.NCCCCNC(=O)CCP=S.O=C=O. The van der Waals surface area contributed by atoms with Crippen LogP contribution in [0.1, 0.15) is 71.1 Å². The molecule has 0 bridgehead atoms. The lowest BCUT2D eigenvalue weighted by molar-refractivity contribution is -0.302. The molecular formula is C28H40N3O10P2S3-. The number of carboxylic acid groups (broad SMARTS) is 1. The molecule has 2 heterocycles. The number of amides is 2. The van der Waals surface area contributed by atoms with Gasteiger partial charge in [0, 0.05) is 68.7 Å². The minimum absolute atomic E-state index is 0.0120. The molecule has 2 aliphatic heterocycles. The first kappa shape index (κ1) is 43.7. The van der Waals surface area contributed by atoms with Crippen LogP contribution in [0.2, 0.25) is 0 Å². The lowest BCUT2D eigenvalue weighted by atomic mass is 9.89. The maximum absolute atomic E-state index is 12.5. The first-order chi connectivity index (χ1) is 22.0. The smallest absolute Gasteiger partial charge is 0.373 e. The predicted molar refractivity (Wildman–Crippen MR) is 177 cm³/mol. The van der Waals surface area contributed by atoms with Gasteiger partial charge in [0.15, 0.2) is 0 Å². The Hall–Kier alpha value is -2.31. The van der Waals surface area contributed by atoms with E-state index >= 15 is 0 Å². The molecular weight excluding hydrogens is 696 g/mol. The van der Waals surface area contributed by atoms with E-state index in [4.69, 9.17) is 43.7 Å². The normalized spacial score (nSPS) is 16.5. The minimum atomic E-state index is -1.50. The number of ketones is 2. The Kier molecular flexibility index (Phi) is 25.4. The fourth-order valence-corrected chi connectivity index (χ4v) is 6.82.